The zero-order valence-electron chi connectivity index (χ0n) is 17.8. The summed E-state index contributed by atoms with van der Waals surface area (Å²) in [5, 5.41) is 0. The molecule has 2 aliphatic rings. The molecule has 156 valence electrons. The van der Waals surface area contributed by atoms with E-state index in [-0.39, 0.29) is 0 Å². The summed E-state index contributed by atoms with van der Waals surface area (Å²) in [4.78, 5) is 26.4. The Morgan fingerprint density at radius 1 is 1.14 bits per heavy atom. The van der Waals surface area contributed by atoms with Crippen LogP contribution in [0.2, 0.25) is 0 Å². The molecule has 6 heteroatoms. The number of rotatable bonds is 7. The number of carbonyl (C=O) groups is 1. The number of piperidine rings is 2. The first-order chi connectivity index (χ1) is 13.6. The summed E-state index contributed by atoms with van der Waals surface area (Å²) in [7, 11) is 0. The summed E-state index contributed by atoms with van der Waals surface area (Å²) in [5.74, 6) is 2.12. The van der Waals surface area contributed by atoms with E-state index >= 15 is 0 Å². The van der Waals surface area contributed by atoms with E-state index in [2.05, 4.69) is 21.7 Å². The van der Waals surface area contributed by atoms with Crippen LogP contribution in [-0.2, 0) is 16.1 Å². The van der Waals surface area contributed by atoms with Crippen molar-refractivity contribution in [1.82, 2.24) is 19.8 Å². The van der Waals surface area contributed by atoms with Crippen molar-refractivity contribution in [1.29, 1.82) is 0 Å². The number of hydrogen-bond donors (Lipinski definition) is 0. The molecule has 6 nitrogen and oxygen atoms in total. The molecule has 1 aromatic heterocycles. The van der Waals surface area contributed by atoms with Crippen LogP contribution in [0, 0.1) is 12.8 Å². The largest absolute Gasteiger partial charge is 0.377 e. The summed E-state index contributed by atoms with van der Waals surface area (Å²) in [6, 6.07) is 0. The molecular formula is C22H36N4O2. The summed E-state index contributed by atoms with van der Waals surface area (Å²) < 4.78 is 5.60. The van der Waals surface area contributed by atoms with Crippen molar-refractivity contribution in [3.8, 4) is 0 Å². The van der Waals surface area contributed by atoms with Crippen LogP contribution in [0.4, 0.5) is 0 Å². The second-order valence-electron chi connectivity index (χ2n) is 8.20. The van der Waals surface area contributed by atoms with Gasteiger partial charge < -0.3 is 14.5 Å². The van der Waals surface area contributed by atoms with Crippen molar-refractivity contribution >= 4 is 5.91 Å². The number of likely N-dealkylation sites (tertiary alicyclic amines) is 2. The fourth-order valence-electron chi connectivity index (χ4n) is 4.47. The summed E-state index contributed by atoms with van der Waals surface area (Å²) in [5.41, 5.74) is 2.22. The van der Waals surface area contributed by atoms with E-state index in [1.165, 1.54) is 0 Å². The smallest absolute Gasteiger partial charge is 0.222 e. The molecule has 1 amide bonds. The van der Waals surface area contributed by atoms with E-state index in [0.29, 0.717) is 31.0 Å². The molecule has 0 N–H and O–H groups in total. The molecule has 0 aromatic carbocycles. The van der Waals surface area contributed by atoms with Crippen molar-refractivity contribution in [3.63, 3.8) is 0 Å². The van der Waals surface area contributed by atoms with Crippen molar-refractivity contribution < 1.29 is 9.53 Å². The second kappa shape index (κ2) is 10.3. The Balaban J connectivity index is 1.52. The van der Waals surface area contributed by atoms with E-state index in [1.807, 2.05) is 20.0 Å². The average molecular weight is 389 g/mol. The molecule has 3 heterocycles. The minimum absolute atomic E-state index is 0.349. The van der Waals surface area contributed by atoms with Crippen LogP contribution in [0.1, 0.15) is 69.0 Å². The SMILES string of the molecule is CCOCc1cnc(C)nc1C1CCN(C(=O)CC2CCN(CC)CC2)CC1. The van der Waals surface area contributed by atoms with Crippen molar-refractivity contribution in [2.24, 2.45) is 5.92 Å². The third-order valence-electron chi connectivity index (χ3n) is 6.33. The molecule has 0 saturated carbocycles. The number of ether oxygens (including phenoxy) is 1. The van der Waals surface area contributed by atoms with Crippen LogP contribution in [0.25, 0.3) is 0 Å². The third-order valence-corrected chi connectivity index (χ3v) is 6.33. The van der Waals surface area contributed by atoms with Crippen molar-refractivity contribution in [2.75, 3.05) is 39.3 Å². The Bertz CT molecular complexity index is 635. The second-order valence-corrected chi connectivity index (χ2v) is 8.20. The standard InChI is InChI=1S/C22H36N4O2/c1-4-25-10-6-18(7-11-25)14-21(27)26-12-8-19(9-13-26)22-20(16-28-5-2)15-23-17(3)24-22/h15,18-19H,4-14,16H2,1-3H3. The lowest BCUT2D eigenvalue weighted by Gasteiger charge is -2.35. The van der Waals surface area contributed by atoms with Gasteiger partial charge in [-0.25, -0.2) is 9.97 Å². The Morgan fingerprint density at radius 2 is 1.86 bits per heavy atom. The van der Waals surface area contributed by atoms with Gasteiger partial charge >= 0.3 is 0 Å². The maximum Gasteiger partial charge on any atom is 0.222 e. The van der Waals surface area contributed by atoms with E-state index in [9.17, 15) is 4.79 Å². The molecule has 28 heavy (non-hydrogen) atoms. The quantitative estimate of drug-likeness (QED) is 0.718. The Labute approximate surface area is 169 Å². The lowest BCUT2D eigenvalue weighted by Crippen LogP contribution is -2.40. The van der Waals surface area contributed by atoms with Crippen LogP contribution < -0.4 is 0 Å². The number of aromatic nitrogens is 2. The fraction of sp³-hybridized carbons (Fsp3) is 0.773. The molecule has 1 aromatic rings. The van der Waals surface area contributed by atoms with Gasteiger partial charge in [-0.1, -0.05) is 6.92 Å². The lowest BCUT2D eigenvalue weighted by atomic mass is 9.89. The Kier molecular flexibility index (Phi) is 7.80. The highest BCUT2D eigenvalue weighted by Crippen LogP contribution is 2.30. The minimum atomic E-state index is 0.349. The molecule has 2 fully saturated rings. The predicted octanol–water partition coefficient (Wildman–Crippen LogP) is 3.15. The van der Waals surface area contributed by atoms with Gasteiger partial charge in [0.05, 0.1) is 12.3 Å². The number of nitrogens with zero attached hydrogens (tertiary/aromatic N) is 4. The van der Waals surface area contributed by atoms with Gasteiger partial charge in [0.25, 0.3) is 0 Å². The monoisotopic (exact) mass is 388 g/mol. The normalized spacial score (nSPS) is 19.9. The molecule has 0 atom stereocenters. The maximum absolute atomic E-state index is 12.8. The molecule has 0 spiro atoms. The number of carbonyl (C=O) groups excluding carboxylic acids is 1. The van der Waals surface area contributed by atoms with Gasteiger partial charge in [-0.05, 0) is 65.1 Å². The van der Waals surface area contributed by atoms with Crippen molar-refractivity contribution in [2.45, 2.75) is 65.4 Å². The van der Waals surface area contributed by atoms with E-state index in [1.54, 1.807) is 0 Å². The predicted molar refractivity (Wildman–Crippen MR) is 110 cm³/mol. The highest BCUT2D eigenvalue weighted by molar-refractivity contribution is 5.76. The first kappa shape index (κ1) is 21.2. The van der Waals surface area contributed by atoms with Crippen LogP contribution >= 0.6 is 0 Å². The van der Waals surface area contributed by atoms with Gasteiger partial charge in [0, 0.05) is 43.8 Å². The van der Waals surface area contributed by atoms with E-state index < -0.39 is 0 Å². The molecule has 3 rings (SSSR count). The lowest BCUT2D eigenvalue weighted by molar-refractivity contribution is -0.133. The van der Waals surface area contributed by atoms with Gasteiger partial charge in [-0.3, -0.25) is 4.79 Å². The summed E-state index contributed by atoms with van der Waals surface area (Å²) in [6.07, 6.45) is 6.93. The first-order valence-corrected chi connectivity index (χ1v) is 11.0. The third kappa shape index (κ3) is 5.51. The zero-order valence-corrected chi connectivity index (χ0v) is 17.8. The maximum atomic E-state index is 12.8. The van der Waals surface area contributed by atoms with Gasteiger partial charge in [0.15, 0.2) is 0 Å². The molecule has 0 unspecified atom stereocenters. The van der Waals surface area contributed by atoms with Crippen molar-refractivity contribution in [3.05, 3.63) is 23.3 Å². The zero-order chi connectivity index (χ0) is 19.9. The Morgan fingerprint density at radius 3 is 2.50 bits per heavy atom. The van der Waals surface area contributed by atoms with Crippen LogP contribution in [0.15, 0.2) is 6.20 Å². The van der Waals surface area contributed by atoms with Gasteiger partial charge in [-0.15, -0.1) is 0 Å². The number of amides is 1. The van der Waals surface area contributed by atoms with Gasteiger partial charge in [-0.2, -0.15) is 0 Å². The Hall–Kier alpha value is -1.53. The highest BCUT2D eigenvalue weighted by atomic mass is 16.5. The van der Waals surface area contributed by atoms with Gasteiger partial charge in [0.2, 0.25) is 5.91 Å². The highest BCUT2D eigenvalue weighted by Gasteiger charge is 2.28. The number of aryl methyl sites for hydroxylation is 1. The van der Waals surface area contributed by atoms with E-state index in [0.717, 1.165) is 81.9 Å². The van der Waals surface area contributed by atoms with Crippen LogP contribution in [0.5, 0.6) is 0 Å². The molecule has 0 bridgehead atoms. The molecule has 2 saturated heterocycles. The van der Waals surface area contributed by atoms with Crippen LogP contribution in [-0.4, -0.2) is 65.0 Å². The minimum Gasteiger partial charge on any atom is -0.377 e. The average Bonchev–Trinajstić information content (AvgIpc) is 2.73. The molecular weight excluding hydrogens is 352 g/mol. The topological polar surface area (TPSA) is 58.6 Å². The van der Waals surface area contributed by atoms with Gasteiger partial charge in [0.1, 0.15) is 5.82 Å². The summed E-state index contributed by atoms with van der Waals surface area (Å²) >= 11 is 0. The fourth-order valence-corrected chi connectivity index (χ4v) is 4.47. The molecule has 2 aliphatic heterocycles. The van der Waals surface area contributed by atoms with Crippen LogP contribution in [0.3, 0.4) is 0 Å². The first-order valence-electron chi connectivity index (χ1n) is 11.0. The van der Waals surface area contributed by atoms with E-state index in [4.69, 9.17) is 9.72 Å². The molecule has 0 aliphatic carbocycles. The number of hydrogen-bond acceptors (Lipinski definition) is 5. The molecule has 0 radical (unpaired) electrons. The summed E-state index contributed by atoms with van der Waals surface area (Å²) in [6.45, 7) is 12.5.